The number of hydrogen-bond donors (Lipinski definition) is 1. The summed E-state index contributed by atoms with van der Waals surface area (Å²) < 4.78 is 3.64. The van der Waals surface area contributed by atoms with E-state index in [1.807, 2.05) is 4.68 Å². The minimum absolute atomic E-state index is 0.0743. The van der Waals surface area contributed by atoms with Crippen molar-refractivity contribution in [3.63, 3.8) is 0 Å². The van der Waals surface area contributed by atoms with Crippen molar-refractivity contribution in [1.29, 1.82) is 0 Å². The molecule has 4 heterocycles. The van der Waals surface area contributed by atoms with E-state index in [-0.39, 0.29) is 11.2 Å². The van der Waals surface area contributed by atoms with Gasteiger partial charge < -0.3 is 10.0 Å². The first-order valence-corrected chi connectivity index (χ1v) is 8.09. The Labute approximate surface area is 143 Å². The highest BCUT2D eigenvalue weighted by atomic mass is 16.4. The summed E-state index contributed by atoms with van der Waals surface area (Å²) in [6, 6.07) is 1.62. The fourth-order valence-corrected chi connectivity index (χ4v) is 3.13. The van der Waals surface area contributed by atoms with Gasteiger partial charge in [-0.15, -0.1) is 0 Å². The van der Waals surface area contributed by atoms with Gasteiger partial charge in [0.1, 0.15) is 12.1 Å². The molecule has 0 unspecified atom stereocenters. The van der Waals surface area contributed by atoms with Crippen LogP contribution in [0.1, 0.15) is 37.0 Å². The normalized spacial score (nSPS) is 14.8. The molecule has 9 heteroatoms. The van der Waals surface area contributed by atoms with Crippen LogP contribution in [-0.2, 0) is 18.6 Å². The third-order valence-electron chi connectivity index (χ3n) is 4.30. The Bertz CT molecular complexity index is 967. The van der Waals surface area contributed by atoms with Gasteiger partial charge in [0, 0.05) is 6.54 Å². The first-order valence-electron chi connectivity index (χ1n) is 8.09. The number of carboxylic acids is 1. The number of aromatic carboxylic acids is 1. The monoisotopic (exact) mass is 341 g/mol. The van der Waals surface area contributed by atoms with E-state index < -0.39 is 5.97 Å². The number of hydrogen-bond acceptors (Lipinski definition) is 6. The molecule has 3 aromatic heterocycles. The standard InChI is InChI=1S/C16H19N7O2/c1-16(2,3)23-14-11(7-19-23)13(17-9-18-14)21-4-5-22-10(8-21)6-12(20-22)15(24)25/h6-7,9H,4-5,8H2,1-3H3,(H,24,25). The van der Waals surface area contributed by atoms with Crippen molar-refractivity contribution >= 4 is 22.8 Å². The maximum atomic E-state index is 11.1. The van der Waals surface area contributed by atoms with Crippen molar-refractivity contribution in [1.82, 2.24) is 29.5 Å². The van der Waals surface area contributed by atoms with E-state index in [4.69, 9.17) is 5.11 Å². The molecule has 130 valence electrons. The molecular weight excluding hydrogens is 322 g/mol. The molecule has 0 aliphatic carbocycles. The molecular formula is C16H19N7O2. The minimum atomic E-state index is -1.01. The largest absolute Gasteiger partial charge is 0.476 e. The highest BCUT2D eigenvalue weighted by Crippen LogP contribution is 2.28. The van der Waals surface area contributed by atoms with E-state index in [2.05, 4.69) is 45.8 Å². The average molecular weight is 341 g/mol. The Morgan fingerprint density at radius 3 is 2.76 bits per heavy atom. The Morgan fingerprint density at radius 2 is 2.04 bits per heavy atom. The van der Waals surface area contributed by atoms with Gasteiger partial charge in [-0.25, -0.2) is 19.4 Å². The first-order chi connectivity index (χ1) is 11.8. The molecule has 9 nitrogen and oxygen atoms in total. The molecule has 0 bridgehead atoms. The van der Waals surface area contributed by atoms with Crippen LogP contribution < -0.4 is 4.90 Å². The zero-order valence-electron chi connectivity index (χ0n) is 14.3. The van der Waals surface area contributed by atoms with Gasteiger partial charge in [0.25, 0.3) is 0 Å². The van der Waals surface area contributed by atoms with Gasteiger partial charge in [-0.05, 0) is 26.8 Å². The van der Waals surface area contributed by atoms with Gasteiger partial charge in [-0.3, -0.25) is 4.68 Å². The maximum absolute atomic E-state index is 11.1. The summed E-state index contributed by atoms with van der Waals surface area (Å²) in [5.74, 6) is -0.200. The summed E-state index contributed by atoms with van der Waals surface area (Å²) in [6.07, 6.45) is 3.35. The molecule has 4 rings (SSSR count). The van der Waals surface area contributed by atoms with Gasteiger partial charge in [0.2, 0.25) is 0 Å². The molecule has 0 atom stereocenters. The molecule has 0 saturated heterocycles. The van der Waals surface area contributed by atoms with Crippen LogP contribution in [0.5, 0.6) is 0 Å². The molecule has 0 spiro atoms. The van der Waals surface area contributed by atoms with Crippen LogP contribution >= 0.6 is 0 Å². The van der Waals surface area contributed by atoms with Crippen LogP contribution in [0.25, 0.3) is 11.0 Å². The zero-order valence-corrected chi connectivity index (χ0v) is 14.3. The van der Waals surface area contributed by atoms with Gasteiger partial charge in [-0.2, -0.15) is 10.2 Å². The first kappa shape index (κ1) is 15.6. The van der Waals surface area contributed by atoms with E-state index in [1.165, 1.54) is 0 Å². The quantitative estimate of drug-likeness (QED) is 0.753. The molecule has 25 heavy (non-hydrogen) atoms. The van der Waals surface area contributed by atoms with Crippen LogP contribution in [0.15, 0.2) is 18.6 Å². The second-order valence-corrected chi connectivity index (χ2v) is 7.13. The van der Waals surface area contributed by atoms with Gasteiger partial charge in [-0.1, -0.05) is 0 Å². The molecule has 3 aromatic rings. The van der Waals surface area contributed by atoms with E-state index in [0.29, 0.717) is 19.6 Å². The predicted molar refractivity (Wildman–Crippen MR) is 90.6 cm³/mol. The number of fused-ring (bicyclic) bond motifs is 2. The summed E-state index contributed by atoms with van der Waals surface area (Å²) in [4.78, 5) is 22.1. The molecule has 0 aromatic carbocycles. The van der Waals surface area contributed by atoms with E-state index in [9.17, 15) is 4.79 Å². The van der Waals surface area contributed by atoms with Crippen LogP contribution in [0.3, 0.4) is 0 Å². The number of carboxylic acid groups (broad SMARTS) is 1. The summed E-state index contributed by atoms with van der Waals surface area (Å²) in [7, 11) is 0. The maximum Gasteiger partial charge on any atom is 0.356 e. The highest BCUT2D eigenvalue weighted by molar-refractivity contribution is 5.87. The molecule has 0 fully saturated rings. The Hall–Kier alpha value is -2.97. The molecule has 0 amide bonds. The van der Waals surface area contributed by atoms with Crippen LogP contribution in [0, 0.1) is 0 Å². The molecule has 1 aliphatic heterocycles. The Morgan fingerprint density at radius 1 is 1.24 bits per heavy atom. The van der Waals surface area contributed by atoms with Crippen LogP contribution in [0.2, 0.25) is 0 Å². The average Bonchev–Trinajstić information content (AvgIpc) is 3.17. The number of nitrogens with zero attached hydrogens (tertiary/aromatic N) is 7. The number of rotatable bonds is 2. The van der Waals surface area contributed by atoms with Crippen molar-refractivity contribution in [2.45, 2.75) is 39.4 Å². The lowest BCUT2D eigenvalue weighted by Gasteiger charge is -2.29. The Balaban J connectivity index is 1.73. The van der Waals surface area contributed by atoms with Crippen molar-refractivity contribution in [3.8, 4) is 0 Å². The van der Waals surface area contributed by atoms with Crippen molar-refractivity contribution in [2.75, 3.05) is 11.4 Å². The summed E-state index contributed by atoms with van der Waals surface area (Å²) in [6.45, 7) is 8.09. The van der Waals surface area contributed by atoms with Crippen molar-refractivity contribution in [3.05, 3.63) is 30.0 Å². The van der Waals surface area contributed by atoms with Crippen molar-refractivity contribution in [2.24, 2.45) is 0 Å². The second kappa shape index (κ2) is 5.27. The number of carbonyl (C=O) groups is 1. The summed E-state index contributed by atoms with van der Waals surface area (Å²) in [5.41, 5.74) is 1.55. The van der Waals surface area contributed by atoms with E-state index in [0.717, 1.165) is 22.5 Å². The number of anilines is 1. The lowest BCUT2D eigenvalue weighted by Crippen LogP contribution is -2.34. The minimum Gasteiger partial charge on any atom is -0.476 e. The van der Waals surface area contributed by atoms with Crippen LogP contribution in [0.4, 0.5) is 5.82 Å². The smallest absolute Gasteiger partial charge is 0.356 e. The van der Waals surface area contributed by atoms with E-state index in [1.54, 1.807) is 23.3 Å². The fraction of sp³-hybridized carbons (Fsp3) is 0.438. The third-order valence-corrected chi connectivity index (χ3v) is 4.30. The third kappa shape index (κ3) is 2.51. The lowest BCUT2D eigenvalue weighted by molar-refractivity contribution is 0.0689. The highest BCUT2D eigenvalue weighted by Gasteiger charge is 2.25. The zero-order chi connectivity index (χ0) is 17.8. The van der Waals surface area contributed by atoms with Gasteiger partial charge in [0.05, 0.1) is 35.9 Å². The molecule has 0 radical (unpaired) electrons. The summed E-state index contributed by atoms with van der Waals surface area (Å²) >= 11 is 0. The predicted octanol–water partition coefficient (Wildman–Crippen LogP) is 1.50. The molecule has 0 saturated carbocycles. The van der Waals surface area contributed by atoms with Gasteiger partial charge >= 0.3 is 5.97 Å². The second-order valence-electron chi connectivity index (χ2n) is 7.13. The fourth-order valence-electron chi connectivity index (χ4n) is 3.13. The Kier molecular flexibility index (Phi) is 3.28. The number of aromatic nitrogens is 6. The van der Waals surface area contributed by atoms with Crippen LogP contribution in [-0.4, -0.2) is 47.1 Å². The molecule has 1 aliphatic rings. The van der Waals surface area contributed by atoms with Crippen molar-refractivity contribution < 1.29 is 9.90 Å². The summed E-state index contributed by atoms with van der Waals surface area (Å²) in [5, 5.41) is 18.6. The molecule has 1 N–H and O–H groups in total. The van der Waals surface area contributed by atoms with Gasteiger partial charge in [0.15, 0.2) is 11.3 Å². The van der Waals surface area contributed by atoms with E-state index >= 15 is 0 Å². The lowest BCUT2D eigenvalue weighted by atomic mass is 10.1. The SMILES string of the molecule is CC(C)(C)n1ncc2c(N3CCn4nc(C(=O)O)cc4C3)ncnc21. The topological polar surface area (TPSA) is 102 Å².